The van der Waals surface area contributed by atoms with Crippen LogP contribution < -0.4 is 10.3 Å². The molecule has 1 N–H and O–H groups in total. The zero-order valence-electron chi connectivity index (χ0n) is 26.6. The second-order valence-electron chi connectivity index (χ2n) is 11.6. The first-order valence-electron chi connectivity index (χ1n) is 15.7. The number of anilines is 1. The van der Waals surface area contributed by atoms with Crippen LogP contribution in [0.1, 0.15) is 28.4 Å². The molecule has 6 rings (SSSR count). The van der Waals surface area contributed by atoms with Crippen molar-refractivity contribution in [1.82, 2.24) is 14.0 Å². The standard InChI is InChI=1S/C37H32FN5O6/c1-2-49-34(44)23-43-21-26(27-10-6-7-11-31(27)43)16-25(19-39)36(46)41-14-12-40(13-15-41)33-18-32-28(17-30(33)38)35(45)29(37(47)48)22-42(32)20-24-8-4-3-5-9-24/h3-11,16-18,21-22H,2,12-15,20,23H2,1H3,(H,47,48)/b25-16+. The summed E-state index contributed by atoms with van der Waals surface area (Å²) in [5.41, 5.74) is 1.52. The van der Waals surface area contributed by atoms with Gasteiger partial charge in [-0.2, -0.15) is 5.26 Å². The fourth-order valence-corrected chi connectivity index (χ4v) is 6.19. The molecule has 49 heavy (non-hydrogen) atoms. The number of esters is 1. The highest BCUT2D eigenvalue weighted by molar-refractivity contribution is 6.04. The minimum atomic E-state index is -1.40. The Labute approximate surface area is 280 Å². The van der Waals surface area contributed by atoms with Crippen molar-refractivity contribution >= 4 is 51.4 Å². The van der Waals surface area contributed by atoms with Crippen molar-refractivity contribution in [2.75, 3.05) is 37.7 Å². The average Bonchev–Trinajstić information content (AvgIpc) is 3.44. The molecule has 1 aliphatic heterocycles. The number of ether oxygens (including phenoxy) is 1. The van der Waals surface area contributed by atoms with Gasteiger partial charge in [-0.1, -0.05) is 48.5 Å². The maximum absolute atomic E-state index is 15.6. The molecule has 1 saturated heterocycles. The monoisotopic (exact) mass is 661 g/mol. The van der Waals surface area contributed by atoms with Crippen molar-refractivity contribution < 1.29 is 28.6 Å². The number of benzene rings is 3. The topological polar surface area (TPSA) is 138 Å². The van der Waals surface area contributed by atoms with Crippen LogP contribution in [0.2, 0.25) is 0 Å². The van der Waals surface area contributed by atoms with Crippen molar-refractivity contribution in [1.29, 1.82) is 5.26 Å². The number of carboxylic acid groups (broad SMARTS) is 1. The van der Waals surface area contributed by atoms with Crippen molar-refractivity contribution in [3.63, 3.8) is 0 Å². The Morgan fingerprint density at radius 2 is 1.65 bits per heavy atom. The summed E-state index contributed by atoms with van der Waals surface area (Å²) in [5, 5.41) is 20.4. The largest absolute Gasteiger partial charge is 0.477 e. The van der Waals surface area contributed by atoms with Crippen LogP contribution >= 0.6 is 0 Å². The van der Waals surface area contributed by atoms with E-state index in [-0.39, 0.29) is 62.5 Å². The van der Waals surface area contributed by atoms with Gasteiger partial charge in [0.15, 0.2) is 0 Å². The number of carboxylic acids is 1. The molecule has 0 bridgehead atoms. The molecule has 3 heterocycles. The smallest absolute Gasteiger partial charge is 0.341 e. The van der Waals surface area contributed by atoms with E-state index in [2.05, 4.69) is 0 Å². The lowest BCUT2D eigenvalue weighted by molar-refractivity contribution is -0.143. The molecule has 2 aromatic heterocycles. The number of nitrogens with zero attached hydrogens (tertiary/aromatic N) is 5. The highest BCUT2D eigenvalue weighted by atomic mass is 19.1. The number of carbonyl (C=O) groups is 3. The third-order valence-corrected chi connectivity index (χ3v) is 8.56. The number of piperazine rings is 1. The van der Waals surface area contributed by atoms with E-state index >= 15 is 4.39 Å². The van der Waals surface area contributed by atoms with E-state index in [1.54, 1.807) is 33.2 Å². The number of halogens is 1. The van der Waals surface area contributed by atoms with Gasteiger partial charge in [0.05, 0.1) is 17.8 Å². The van der Waals surface area contributed by atoms with Gasteiger partial charge in [-0.05, 0) is 36.8 Å². The lowest BCUT2D eigenvalue weighted by Gasteiger charge is -2.36. The Balaban J connectivity index is 1.25. The van der Waals surface area contributed by atoms with Gasteiger partial charge < -0.3 is 28.8 Å². The zero-order chi connectivity index (χ0) is 34.7. The molecule has 1 fully saturated rings. The van der Waals surface area contributed by atoms with Gasteiger partial charge in [0.1, 0.15) is 29.6 Å². The summed E-state index contributed by atoms with van der Waals surface area (Å²) in [5.74, 6) is -2.95. The molecule has 1 amide bonds. The maximum atomic E-state index is 15.6. The van der Waals surface area contributed by atoms with E-state index in [9.17, 15) is 29.5 Å². The van der Waals surface area contributed by atoms with Crippen LogP contribution in [0, 0.1) is 17.1 Å². The highest BCUT2D eigenvalue weighted by Crippen LogP contribution is 2.28. The number of hydrogen-bond acceptors (Lipinski definition) is 7. The Morgan fingerprint density at radius 3 is 2.35 bits per heavy atom. The van der Waals surface area contributed by atoms with Crippen molar-refractivity contribution in [2.45, 2.75) is 20.0 Å². The van der Waals surface area contributed by atoms with Crippen LogP contribution in [0.15, 0.2) is 89.5 Å². The number of rotatable bonds is 9. The summed E-state index contributed by atoms with van der Waals surface area (Å²) in [6, 6.07) is 21.3. The fourth-order valence-electron chi connectivity index (χ4n) is 6.19. The van der Waals surface area contributed by atoms with E-state index < -0.39 is 34.7 Å². The van der Waals surface area contributed by atoms with E-state index in [1.807, 2.05) is 60.7 Å². The molecule has 248 valence electrons. The van der Waals surface area contributed by atoms with Gasteiger partial charge in [0, 0.05) is 67.0 Å². The molecule has 1 aliphatic rings. The first kappa shape index (κ1) is 32.7. The lowest BCUT2D eigenvalue weighted by Crippen LogP contribution is -2.49. The molecule has 12 heteroatoms. The summed E-state index contributed by atoms with van der Waals surface area (Å²) >= 11 is 0. The molecule has 5 aromatic rings. The molecular formula is C37H32FN5O6. The summed E-state index contributed by atoms with van der Waals surface area (Å²) in [4.78, 5) is 53.9. The molecule has 0 spiro atoms. The Bertz CT molecular complexity index is 2230. The van der Waals surface area contributed by atoms with Crippen molar-refractivity contribution in [2.24, 2.45) is 0 Å². The van der Waals surface area contributed by atoms with E-state index in [1.165, 1.54) is 17.2 Å². The summed E-state index contributed by atoms with van der Waals surface area (Å²) in [6.45, 7) is 3.13. The number of aromatic nitrogens is 2. The average molecular weight is 662 g/mol. The highest BCUT2D eigenvalue weighted by Gasteiger charge is 2.27. The van der Waals surface area contributed by atoms with Gasteiger partial charge in [0.2, 0.25) is 5.43 Å². The van der Waals surface area contributed by atoms with E-state index in [4.69, 9.17) is 4.74 Å². The second-order valence-corrected chi connectivity index (χ2v) is 11.6. The normalized spacial score (nSPS) is 13.4. The molecule has 0 radical (unpaired) electrons. The number of carbonyl (C=O) groups excluding carboxylic acids is 2. The summed E-state index contributed by atoms with van der Waals surface area (Å²) in [7, 11) is 0. The minimum absolute atomic E-state index is 0.0194. The van der Waals surface area contributed by atoms with Crippen LogP contribution in [0.5, 0.6) is 0 Å². The van der Waals surface area contributed by atoms with Crippen LogP contribution in [-0.4, -0.2) is 69.8 Å². The quantitative estimate of drug-likeness (QED) is 0.137. The third kappa shape index (κ3) is 6.64. The lowest BCUT2D eigenvalue weighted by atomic mass is 10.1. The van der Waals surface area contributed by atoms with E-state index in [0.717, 1.165) is 22.5 Å². The van der Waals surface area contributed by atoms with Crippen molar-refractivity contribution in [3.8, 4) is 6.07 Å². The summed E-state index contributed by atoms with van der Waals surface area (Å²) < 4.78 is 24.0. The third-order valence-electron chi connectivity index (χ3n) is 8.56. The van der Waals surface area contributed by atoms with Gasteiger partial charge in [0.25, 0.3) is 5.91 Å². The Hall–Kier alpha value is -6.22. The molecular weight excluding hydrogens is 629 g/mol. The molecule has 0 saturated carbocycles. The predicted molar refractivity (Wildman–Crippen MR) is 182 cm³/mol. The van der Waals surface area contributed by atoms with Gasteiger partial charge in [-0.3, -0.25) is 14.4 Å². The van der Waals surface area contributed by atoms with Crippen molar-refractivity contribution in [3.05, 3.63) is 117 Å². The Morgan fingerprint density at radius 1 is 0.939 bits per heavy atom. The molecule has 0 unspecified atom stereocenters. The second kappa shape index (κ2) is 13.9. The predicted octanol–water partition coefficient (Wildman–Crippen LogP) is 4.66. The number of para-hydroxylation sites is 1. The van der Waals surface area contributed by atoms with Gasteiger partial charge in [-0.15, -0.1) is 0 Å². The van der Waals surface area contributed by atoms with Crippen LogP contribution in [-0.2, 0) is 27.4 Å². The molecule has 11 nitrogen and oxygen atoms in total. The van der Waals surface area contributed by atoms with E-state index in [0.29, 0.717) is 11.1 Å². The molecule has 3 aromatic carbocycles. The van der Waals surface area contributed by atoms with Crippen LogP contribution in [0.3, 0.4) is 0 Å². The van der Waals surface area contributed by atoms with Crippen LogP contribution in [0.4, 0.5) is 10.1 Å². The zero-order valence-corrected chi connectivity index (χ0v) is 26.6. The number of aromatic carboxylic acids is 1. The first-order chi connectivity index (χ1) is 23.7. The number of amides is 1. The summed E-state index contributed by atoms with van der Waals surface area (Å²) in [6.07, 6.45) is 4.50. The number of pyridine rings is 1. The molecule has 0 atom stereocenters. The maximum Gasteiger partial charge on any atom is 0.341 e. The minimum Gasteiger partial charge on any atom is -0.477 e. The van der Waals surface area contributed by atoms with Gasteiger partial charge in [-0.25, -0.2) is 9.18 Å². The number of nitriles is 1. The first-order valence-corrected chi connectivity index (χ1v) is 15.7. The van der Waals surface area contributed by atoms with Gasteiger partial charge >= 0.3 is 11.9 Å². The SMILES string of the molecule is CCOC(=O)Cn1cc(/C=C(\C#N)C(=O)N2CCN(c3cc4c(cc3F)c(=O)c(C(=O)O)cn4Cc3ccccc3)CC2)c2ccccc21. The fraction of sp³-hybridized carbons (Fsp3) is 0.216. The number of hydrogen-bond donors (Lipinski definition) is 1. The Kier molecular flexibility index (Phi) is 9.26. The number of fused-ring (bicyclic) bond motifs is 2. The van der Waals surface area contributed by atoms with Crippen LogP contribution in [0.25, 0.3) is 27.9 Å². The molecule has 0 aliphatic carbocycles.